The van der Waals surface area contributed by atoms with Crippen molar-refractivity contribution >= 4 is 29.1 Å². The summed E-state index contributed by atoms with van der Waals surface area (Å²) in [5.41, 5.74) is 1.19. The van der Waals surface area contributed by atoms with Gasteiger partial charge in [-0.25, -0.2) is 0 Å². The first-order valence-electron chi connectivity index (χ1n) is 9.86. The van der Waals surface area contributed by atoms with Crippen LogP contribution in [-0.2, 0) is 9.59 Å². The van der Waals surface area contributed by atoms with E-state index >= 15 is 0 Å². The highest BCUT2D eigenvalue weighted by Crippen LogP contribution is 2.39. The second-order valence-electron chi connectivity index (χ2n) is 7.47. The second kappa shape index (κ2) is 9.81. The molecule has 1 atom stereocenters. The van der Waals surface area contributed by atoms with Gasteiger partial charge in [0, 0.05) is 23.7 Å². The number of Topliss-reactive ketones (excluding diaryl/α,β-unsaturated/α-hetero) is 1. The molecule has 1 fully saturated rings. The van der Waals surface area contributed by atoms with Gasteiger partial charge in [0.2, 0.25) is 0 Å². The fourth-order valence-electron chi connectivity index (χ4n) is 3.43. The number of ketones is 1. The van der Waals surface area contributed by atoms with Crippen LogP contribution in [0.3, 0.4) is 0 Å². The van der Waals surface area contributed by atoms with Gasteiger partial charge in [-0.2, -0.15) is 0 Å². The molecule has 162 valence electrons. The van der Waals surface area contributed by atoms with E-state index in [1.165, 1.54) is 4.90 Å². The van der Waals surface area contributed by atoms with Gasteiger partial charge in [-0.15, -0.1) is 0 Å². The Bertz CT molecular complexity index is 997. The average Bonchev–Trinajstić information content (AvgIpc) is 3.01. The van der Waals surface area contributed by atoms with E-state index in [2.05, 4.69) is 6.58 Å². The Labute approximate surface area is 187 Å². The molecular weight excluding hydrogens is 416 g/mol. The van der Waals surface area contributed by atoms with Crippen LogP contribution in [0.1, 0.15) is 17.2 Å². The van der Waals surface area contributed by atoms with Crippen LogP contribution in [0.4, 0.5) is 0 Å². The minimum absolute atomic E-state index is 0.0610. The van der Waals surface area contributed by atoms with E-state index in [0.29, 0.717) is 41.6 Å². The van der Waals surface area contributed by atoms with Gasteiger partial charge in [0.05, 0.1) is 11.6 Å². The smallest absolute Gasteiger partial charge is 0.295 e. The van der Waals surface area contributed by atoms with Gasteiger partial charge < -0.3 is 19.6 Å². The van der Waals surface area contributed by atoms with E-state index in [0.717, 1.165) is 0 Å². The molecule has 0 bridgehead atoms. The van der Waals surface area contributed by atoms with E-state index < -0.39 is 17.7 Å². The number of ether oxygens (including phenoxy) is 1. The number of aliphatic hydroxyl groups excluding tert-OH is 1. The number of likely N-dealkylation sites (tertiary alicyclic amines) is 1. The van der Waals surface area contributed by atoms with Crippen LogP contribution >= 0.6 is 11.6 Å². The molecule has 2 aromatic carbocycles. The fourth-order valence-corrected chi connectivity index (χ4v) is 3.56. The summed E-state index contributed by atoms with van der Waals surface area (Å²) in [7, 11) is 3.79. The Morgan fingerprint density at radius 3 is 2.39 bits per heavy atom. The number of carbonyl (C=O) groups is 2. The Morgan fingerprint density at radius 1 is 1.16 bits per heavy atom. The summed E-state index contributed by atoms with van der Waals surface area (Å²) >= 11 is 5.95. The van der Waals surface area contributed by atoms with Crippen LogP contribution in [0.15, 0.2) is 66.8 Å². The summed E-state index contributed by atoms with van der Waals surface area (Å²) in [4.78, 5) is 29.3. The quantitative estimate of drug-likeness (QED) is 0.292. The molecule has 1 amide bonds. The Kier molecular flexibility index (Phi) is 7.15. The topological polar surface area (TPSA) is 70.1 Å². The molecule has 2 aromatic rings. The number of rotatable bonds is 8. The van der Waals surface area contributed by atoms with Gasteiger partial charge in [0.25, 0.3) is 11.7 Å². The lowest BCUT2D eigenvalue weighted by Crippen LogP contribution is -2.35. The maximum atomic E-state index is 12.9. The van der Waals surface area contributed by atoms with Crippen LogP contribution in [0.25, 0.3) is 5.76 Å². The van der Waals surface area contributed by atoms with Gasteiger partial charge in [0.15, 0.2) is 0 Å². The molecule has 1 saturated heterocycles. The highest BCUT2D eigenvalue weighted by atomic mass is 35.5. The minimum atomic E-state index is -0.705. The SMILES string of the molecule is C=CCOc1ccc(C2C(=C(O)c3ccc(Cl)cc3)C(=O)C(=O)N2CCN(C)C)cc1. The molecular formula is C24H25ClN2O4. The summed E-state index contributed by atoms with van der Waals surface area (Å²) in [6, 6.07) is 12.9. The fraction of sp³-hybridized carbons (Fsp3) is 0.250. The van der Waals surface area contributed by atoms with E-state index in [9.17, 15) is 14.7 Å². The molecule has 1 heterocycles. The van der Waals surface area contributed by atoms with Crippen molar-refractivity contribution in [2.24, 2.45) is 0 Å². The van der Waals surface area contributed by atoms with Crippen molar-refractivity contribution in [3.8, 4) is 5.75 Å². The predicted octanol–water partition coefficient (Wildman–Crippen LogP) is 3.89. The molecule has 3 rings (SSSR count). The molecule has 6 nitrogen and oxygen atoms in total. The normalized spacial score (nSPS) is 17.9. The molecule has 0 spiro atoms. The molecule has 0 saturated carbocycles. The molecule has 1 aliphatic rings. The summed E-state index contributed by atoms with van der Waals surface area (Å²) in [6.07, 6.45) is 1.65. The molecule has 31 heavy (non-hydrogen) atoms. The van der Waals surface area contributed by atoms with E-state index in [1.807, 2.05) is 19.0 Å². The Morgan fingerprint density at radius 2 is 1.81 bits per heavy atom. The third-order valence-electron chi connectivity index (χ3n) is 5.01. The van der Waals surface area contributed by atoms with E-state index in [4.69, 9.17) is 16.3 Å². The van der Waals surface area contributed by atoms with Crippen molar-refractivity contribution in [3.05, 3.63) is 82.9 Å². The third-order valence-corrected chi connectivity index (χ3v) is 5.26. The van der Waals surface area contributed by atoms with Crippen molar-refractivity contribution in [2.45, 2.75) is 6.04 Å². The number of hydrogen-bond acceptors (Lipinski definition) is 5. The van der Waals surface area contributed by atoms with Crippen LogP contribution in [-0.4, -0.2) is 60.4 Å². The first-order valence-corrected chi connectivity index (χ1v) is 10.2. The highest BCUT2D eigenvalue weighted by molar-refractivity contribution is 6.46. The standard InChI is InChI=1S/C24H25ClN2O4/c1-4-15-31-19-11-7-16(8-12-19)21-20(22(28)17-5-9-18(25)10-6-17)23(29)24(30)27(21)14-13-26(2)3/h4-12,21,28H,1,13-15H2,2-3H3. The third kappa shape index (κ3) is 4.98. The molecule has 1 aliphatic heterocycles. The van der Waals surface area contributed by atoms with Gasteiger partial charge in [-0.3, -0.25) is 9.59 Å². The number of amides is 1. The summed E-state index contributed by atoms with van der Waals surface area (Å²) < 4.78 is 5.53. The maximum Gasteiger partial charge on any atom is 0.295 e. The van der Waals surface area contributed by atoms with E-state index in [1.54, 1.807) is 54.6 Å². The zero-order valence-corrected chi connectivity index (χ0v) is 18.3. The number of hydrogen-bond donors (Lipinski definition) is 1. The largest absolute Gasteiger partial charge is 0.507 e. The first kappa shape index (κ1) is 22.6. The highest BCUT2D eigenvalue weighted by Gasteiger charge is 2.45. The van der Waals surface area contributed by atoms with Crippen molar-refractivity contribution in [3.63, 3.8) is 0 Å². The molecule has 1 N–H and O–H groups in total. The number of nitrogens with zero attached hydrogens (tertiary/aromatic N) is 2. The Balaban J connectivity index is 2.07. The lowest BCUT2D eigenvalue weighted by atomic mass is 9.95. The van der Waals surface area contributed by atoms with Crippen LogP contribution in [0, 0.1) is 0 Å². The molecule has 7 heteroatoms. The first-order chi connectivity index (χ1) is 14.8. The molecule has 0 radical (unpaired) electrons. The van der Waals surface area contributed by atoms with Crippen molar-refractivity contribution < 1.29 is 19.4 Å². The predicted molar refractivity (Wildman–Crippen MR) is 121 cm³/mol. The van der Waals surface area contributed by atoms with Crippen LogP contribution < -0.4 is 4.74 Å². The maximum absolute atomic E-state index is 12.9. The van der Waals surface area contributed by atoms with E-state index in [-0.39, 0.29) is 11.3 Å². The average molecular weight is 441 g/mol. The van der Waals surface area contributed by atoms with Crippen LogP contribution in [0.2, 0.25) is 5.02 Å². The monoisotopic (exact) mass is 440 g/mol. The lowest BCUT2D eigenvalue weighted by molar-refractivity contribution is -0.140. The molecule has 1 unspecified atom stereocenters. The van der Waals surface area contributed by atoms with Gasteiger partial charge in [-0.1, -0.05) is 36.4 Å². The van der Waals surface area contributed by atoms with Gasteiger partial charge in [-0.05, 0) is 56.1 Å². The van der Waals surface area contributed by atoms with Crippen molar-refractivity contribution in [1.29, 1.82) is 0 Å². The van der Waals surface area contributed by atoms with Gasteiger partial charge >= 0.3 is 0 Å². The molecule has 0 aromatic heterocycles. The summed E-state index contributed by atoms with van der Waals surface area (Å²) in [6.45, 7) is 4.92. The number of benzene rings is 2. The Hall–Kier alpha value is -3.09. The van der Waals surface area contributed by atoms with Gasteiger partial charge in [0.1, 0.15) is 18.1 Å². The summed E-state index contributed by atoms with van der Waals surface area (Å²) in [5, 5.41) is 11.5. The number of halogens is 1. The van der Waals surface area contributed by atoms with Crippen LogP contribution in [0.5, 0.6) is 5.75 Å². The van der Waals surface area contributed by atoms with Crippen molar-refractivity contribution in [1.82, 2.24) is 9.80 Å². The second-order valence-corrected chi connectivity index (χ2v) is 7.91. The zero-order chi connectivity index (χ0) is 22.5. The summed E-state index contributed by atoms with van der Waals surface area (Å²) in [5.74, 6) is -0.913. The molecule has 0 aliphatic carbocycles. The van der Waals surface area contributed by atoms with Crippen molar-refractivity contribution in [2.75, 3.05) is 33.8 Å². The lowest BCUT2D eigenvalue weighted by Gasteiger charge is -2.26. The number of aliphatic hydroxyl groups is 1. The number of likely N-dealkylation sites (N-methyl/N-ethyl adjacent to an activating group) is 1. The zero-order valence-electron chi connectivity index (χ0n) is 17.5. The number of carbonyl (C=O) groups excluding carboxylic acids is 2. The minimum Gasteiger partial charge on any atom is -0.507 e.